The number of ketones is 1. The number of carbonyl (C=O) groups is 1. The first-order valence-corrected chi connectivity index (χ1v) is 5.10. The van der Waals surface area contributed by atoms with E-state index in [1.54, 1.807) is 13.2 Å². The van der Waals surface area contributed by atoms with Crippen molar-refractivity contribution in [3.63, 3.8) is 0 Å². The number of hydrogen-bond acceptors (Lipinski definition) is 2. The van der Waals surface area contributed by atoms with Crippen LogP contribution in [0.15, 0.2) is 36.6 Å². The Labute approximate surface area is 90.6 Å². The third-order valence-electron chi connectivity index (χ3n) is 2.07. The van der Waals surface area contributed by atoms with Crippen LogP contribution < -0.4 is 0 Å². The smallest absolute Gasteiger partial charge is 0.159 e. The molecule has 1 aromatic carbocycles. The molecule has 0 saturated carbocycles. The molecule has 0 spiro atoms. The van der Waals surface area contributed by atoms with Gasteiger partial charge in [0, 0.05) is 5.56 Å². The maximum absolute atomic E-state index is 11.0. The third-order valence-corrected chi connectivity index (χ3v) is 2.07. The molecule has 0 aliphatic heterocycles. The van der Waals surface area contributed by atoms with E-state index < -0.39 is 0 Å². The number of Topliss-reactive ketones (excluding diaryl/α,β-unsaturated/α-hetero) is 1. The fourth-order valence-electron chi connectivity index (χ4n) is 1.22. The van der Waals surface area contributed by atoms with Crippen molar-refractivity contribution in [2.24, 2.45) is 0 Å². The molecule has 0 amide bonds. The molecule has 2 heteroatoms. The normalized spacial score (nSPS) is 10.5. The van der Waals surface area contributed by atoms with Crippen LogP contribution in [-0.2, 0) is 11.2 Å². The van der Waals surface area contributed by atoms with Gasteiger partial charge < -0.3 is 4.74 Å². The summed E-state index contributed by atoms with van der Waals surface area (Å²) in [5.74, 6) is 0.103. The van der Waals surface area contributed by atoms with Gasteiger partial charge in [0.25, 0.3) is 0 Å². The van der Waals surface area contributed by atoms with Crippen LogP contribution in [0.2, 0.25) is 0 Å². The lowest BCUT2D eigenvalue weighted by Crippen LogP contribution is -1.91. The van der Waals surface area contributed by atoms with Crippen molar-refractivity contribution in [2.75, 3.05) is 6.61 Å². The molecule has 80 valence electrons. The standard InChI is InChI=1S/C13H16O2/c1-3-15-10-4-5-12-6-8-13(9-7-12)11(2)14/h4,6-10H,3,5H2,1-2H3/b10-4-. The molecule has 0 aromatic heterocycles. The van der Waals surface area contributed by atoms with Crippen LogP contribution in [0.4, 0.5) is 0 Å². The Hall–Kier alpha value is -1.57. The molecular formula is C13H16O2. The van der Waals surface area contributed by atoms with E-state index in [-0.39, 0.29) is 5.78 Å². The molecule has 15 heavy (non-hydrogen) atoms. The minimum Gasteiger partial charge on any atom is -0.502 e. The van der Waals surface area contributed by atoms with Gasteiger partial charge in [-0.15, -0.1) is 0 Å². The predicted octanol–water partition coefficient (Wildman–Crippen LogP) is 2.98. The Morgan fingerprint density at radius 2 is 2.00 bits per heavy atom. The second-order valence-electron chi connectivity index (χ2n) is 3.28. The molecule has 0 atom stereocenters. The fourth-order valence-corrected chi connectivity index (χ4v) is 1.22. The monoisotopic (exact) mass is 204 g/mol. The first kappa shape index (κ1) is 11.5. The van der Waals surface area contributed by atoms with Crippen molar-refractivity contribution in [2.45, 2.75) is 20.3 Å². The zero-order valence-corrected chi connectivity index (χ0v) is 9.19. The molecule has 1 aromatic rings. The van der Waals surface area contributed by atoms with Gasteiger partial charge in [-0.3, -0.25) is 4.79 Å². The summed E-state index contributed by atoms with van der Waals surface area (Å²) in [6, 6.07) is 7.64. The summed E-state index contributed by atoms with van der Waals surface area (Å²) in [7, 11) is 0. The van der Waals surface area contributed by atoms with Crippen LogP contribution in [0.1, 0.15) is 29.8 Å². The largest absolute Gasteiger partial charge is 0.502 e. The van der Waals surface area contributed by atoms with Gasteiger partial charge in [0.15, 0.2) is 5.78 Å². The van der Waals surface area contributed by atoms with E-state index in [4.69, 9.17) is 4.74 Å². The minimum absolute atomic E-state index is 0.103. The van der Waals surface area contributed by atoms with Crippen LogP contribution in [0, 0.1) is 0 Å². The van der Waals surface area contributed by atoms with Gasteiger partial charge >= 0.3 is 0 Å². The number of benzene rings is 1. The van der Waals surface area contributed by atoms with E-state index >= 15 is 0 Å². The molecule has 0 aliphatic rings. The van der Waals surface area contributed by atoms with Crippen molar-refractivity contribution < 1.29 is 9.53 Å². The molecule has 0 radical (unpaired) electrons. The van der Waals surface area contributed by atoms with Crippen molar-refractivity contribution in [1.29, 1.82) is 0 Å². The summed E-state index contributed by atoms with van der Waals surface area (Å²) in [6.07, 6.45) is 4.50. The van der Waals surface area contributed by atoms with Gasteiger partial charge in [0.1, 0.15) is 0 Å². The number of ether oxygens (including phenoxy) is 1. The molecule has 0 bridgehead atoms. The molecule has 0 N–H and O–H groups in total. The van der Waals surface area contributed by atoms with Crippen molar-refractivity contribution in [1.82, 2.24) is 0 Å². The first-order chi connectivity index (χ1) is 7.24. The molecule has 0 heterocycles. The highest BCUT2D eigenvalue weighted by Gasteiger charge is 1.97. The lowest BCUT2D eigenvalue weighted by molar-refractivity contribution is 0.101. The van der Waals surface area contributed by atoms with E-state index in [1.807, 2.05) is 37.3 Å². The maximum Gasteiger partial charge on any atom is 0.159 e. The fraction of sp³-hybridized carbons (Fsp3) is 0.308. The van der Waals surface area contributed by atoms with Crippen LogP contribution >= 0.6 is 0 Å². The van der Waals surface area contributed by atoms with Crippen LogP contribution in [-0.4, -0.2) is 12.4 Å². The quantitative estimate of drug-likeness (QED) is 0.544. The summed E-state index contributed by atoms with van der Waals surface area (Å²) in [4.78, 5) is 11.0. The Morgan fingerprint density at radius 3 is 2.53 bits per heavy atom. The average Bonchev–Trinajstić information content (AvgIpc) is 2.25. The molecule has 2 nitrogen and oxygen atoms in total. The Balaban J connectivity index is 2.53. The second-order valence-corrected chi connectivity index (χ2v) is 3.28. The second kappa shape index (κ2) is 6.02. The predicted molar refractivity (Wildman–Crippen MR) is 60.9 cm³/mol. The minimum atomic E-state index is 0.103. The molecule has 0 saturated heterocycles. The van der Waals surface area contributed by atoms with E-state index in [2.05, 4.69) is 0 Å². The SMILES string of the molecule is CCO/C=C\Cc1ccc(C(C)=O)cc1. The highest BCUT2D eigenvalue weighted by Crippen LogP contribution is 2.06. The maximum atomic E-state index is 11.0. The highest BCUT2D eigenvalue weighted by atomic mass is 16.5. The van der Waals surface area contributed by atoms with E-state index in [0.29, 0.717) is 6.61 Å². The zero-order chi connectivity index (χ0) is 11.1. The van der Waals surface area contributed by atoms with Gasteiger partial charge in [-0.2, -0.15) is 0 Å². The van der Waals surface area contributed by atoms with Crippen LogP contribution in [0.5, 0.6) is 0 Å². The average molecular weight is 204 g/mol. The topological polar surface area (TPSA) is 26.3 Å². The lowest BCUT2D eigenvalue weighted by atomic mass is 10.1. The zero-order valence-electron chi connectivity index (χ0n) is 9.19. The van der Waals surface area contributed by atoms with Gasteiger partial charge in [0.05, 0.1) is 12.9 Å². The number of rotatable bonds is 5. The third kappa shape index (κ3) is 3.98. The number of hydrogen-bond donors (Lipinski definition) is 0. The van der Waals surface area contributed by atoms with Crippen LogP contribution in [0.3, 0.4) is 0 Å². The molecule has 0 fully saturated rings. The Kier molecular flexibility index (Phi) is 4.61. The highest BCUT2D eigenvalue weighted by molar-refractivity contribution is 5.93. The molecular weight excluding hydrogens is 188 g/mol. The van der Waals surface area contributed by atoms with Gasteiger partial charge in [0.2, 0.25) is 0 Å². The summed E-state index contributed by atoms with van der Waals surface area (Å²) < 4.78 is 5.08. The summed E-state index contributed by atoms with van der Waals surface area (Å²) in [5, 5.41) is 0. The van der Waals surface area contributed by atoms with E-state index in [9.17, 15) is 4.79 Å². The Morgan fingerprint density at radius 1 is 1.33 bits per heavy atom. The summed E-state index contributed by atoms with van der Waals surface area (Å²) in [5.41, 5.74) is 1.93. The molecule has 0 unspecified atom stereocenters. The van der Waals surface area contributed by atoms with Crippen molar-refractivity contribution in [3.8, 4) is 0 Å². The summed E-state index contributed by atoms with van der Waals surface area (Å²) in [6.45, 7) is 4.22. The molecule has 0 aliphatic carbocycles. The van der Waals surface area contributed by atoms with E-state index in [0.717, 1.165) is 12.0 Å². The van der Waals surface area contributed by atoms with Gasteiger partial charge in [-0.1, -0.05) is 24.3 Å². The Bertz CT molecular complexity index is 336. The first-order valence-electron chi connectivity index (χ1n) is 5.10. The van der Waals surface area contributed by atoms with Crippen LogP contribution in [0.25, 0.3) is 0 Å². The summed E-state index contributed by atoms with van der Waals surface area (Å²) >= 11 is 0. The van der Waals surface area contributed by atoms with E-state index in [1.165, 1.54) is 5.56 Å². The van der Waals surface area contributed by atoms with Crippen molar-refractivity contribution >= 4 is 5.78 Å². The number of allylic oxidation sites excluding steroid dienone is 1. The molecule has 1 rings (SSSR count). The van der Waals surface area contributed by atoms with Gasteiger partial charge in [-0.25, -0.2) is 0 Å². The van der Waals surface area contributed by atoms with Crippen molar-refractivity contribution in [3.05, 3.63) is 47.7 Å². The lowest BCUT2D eigenvalue weighted by Gasteiger charge is -1.98. The van der Waals surface area contributed by atoms with Gasteiger partial charge in [-0.05, 0) is 31.9 Å². The number of carbonyl (C=O) groups excluding carboxylic acids is 1.